The summed E-state index contributed by atoms with van der Waals surface area (Å²) in [5.74, 6) is -0.201. The van der Waals surface area contributed by atoms with Crippen molar-refractivity contribution in [2.75, 3.05) is 7.11 Å². The number of fused-ring (bicyclic) bond motifs is 4. The average molecular weight is 414 g/mol. The molecule has 30 heavy (non-hydrogen) atoms. The maximum absolute atomic E-state index is 13.0. The number of epoxide rings is 1. The Labute approximate surface area is 176 Å². The predicted molar refractivity (Wildman–Crippen MR) is 105 cm³/mol. The maximum atomic E-state index is 13.0. The van der Waals surface area contributed by atoms with Crippen molar-refractivity contribution < 1.29 is 28.6 Å². The van der Waals surface area contributed by atoms with Crippen LogP contribution in [0.2, 0.25) is 0 Å². The first-order chi connectivity index (χ1) is 14.2. The molecule has 0 N–H and O–H groups in total. The fourth-order valence-electron chi connectivity index (χ4n) is 8.69. The molecule has 6 heteroatoms. The molecule has 2 aliphatic heterocycles. The zero-order valence-corrected chi connectivity index (χ0v) is 18.0. The first kappa shape index (κ1) is 19.0. The van der Waals surface area contributed by atoms with E-state index in [4.69, 9.17) is 14.2 Å². The molecule has 5 fully saturated rings. The number of ether oxygens (including phenoxy) is 3. The molecule has 0 bridgehead atoms. The molecule has 6 rings (SSSR count). The topological polar surface area (TPSA) is 82.2 Å². The lowest BCUT2D eigenvalue weighted by Gasteiger charge is -2.58. The molecule has 3 saturated carbocycles. The molecule has 0 radical (unpaired) electrons. The third kappa shape index (κ3) is 1.94. The minimum Gasteiger partial charge on any atom is -0.469 e. The van der Waals surface area contributed by atoms with Gasteiger partial charge in [-0.2, -0.15) is 0 Å². The van der Waals surface area contributed by atoms with Crippen LogP contribution in [-0.2, 0) is 28.6 Å². The molecule has 2 heterocycles. The fourth-order valence-corrected chi connectivity index (χ4v) is 8.69. The molecule has 0 aromatic carbocycles. The third-order valence-corrected chi connectivity index (χ3v) is 10.2. The summed E-state index contributed by atoms with van der Waals surface area (Å²) in [6, 6.07) is 0. The SMILES string of the molecule is COC(=O)[C@@H]1CC2=CC(=O)CCC2(C)[C@@]23O[C@H]2CC2(C)C(CC[C@@]24CCC(=O)O4)C13. The summed E-state index contributed by atoms with van der Waals surface area (Å²) < 4.78 is 17.9. The highest BCUT2D eigenvalue weighted by molar-refractivity contribution is 5.92. The van der Waals surface area contributed by atoms with Crippen molar-refractivity contribution in [3.05, 3.63) is 11.6 Å². The zero-order valence-electron chi connectivity index (χ0n) is 18.0. The van der Waals surface area contributed by atoms with Crippen LogP contribution in [0.5, 0.6) is 0 Å². The lowest BCUT2D eigenvalue weighted by atomic mass is 9.43. The van der Waals surface area contributed by atoms with Gasteiger partial charge in [0.15, 0.2) is 5.78 Å². The van der Waals surface area contributed by atoms with Crippen LogP contribution in [-0.4, -0.2) is 42.1 Å². The number of esters is 2. The summed E-state index contributed by atoms with van der Waals surface area (Å²) in [7, 11) is 1.45. The molecule has 8 atom stereocenters. The number of ketones is 1. The highest BCUT2D eigenvalue weighted by atomic mass is 16.6. The normalized spacial score (nSPS) is 53.2. The molecule has 6 aliphatic rings. The predicted octanol–water partition coefficient (Wildman–Crippen LogP) is 3.12. The van der Waals surface area contributed by atoms with Gasteiger partial charge in [-0.25, -0.2) is 0 Å². The molecule has 6 nitrogen and oxygen atoms in total. The van der Waals surface area contributed by atoms with Gasteiger partial charge >= 0.3 is 11.9 Å². The van der Waals surface area contributed by atoms with Crippen LogP contribution >= 0.6 is 0 Å². The van der Waals surface area contributed by atoms with Crippen molar-refractivity contribution in [3.63, 3.8) is 0 Å². The van der Waals surface area contributed by atoms with E-state index in [-0.39, 0.29) is 52.4 Å². The summed E-state index contributed by atoms with van der Waals surface area (Å²) >= 11 is 0. The molecular formula is C24H30O6. The van der Waals surface area contributed by atoms with Gasteiger partial charge in [-0.05, 0) is 50.5 Å². The second kappa shape index (κ2) is 5.56. The Bertz CT molecular complexity index is 907. The monoisotopic (exact) mass is 414 g/mol. The first-order valence-corrected chi connectivity index (χ1v) is 11.4. The molecule has 2 spiro atoms. The number of hydrogen-bond acceptors (Lipinski definition) is 6. The lowest BCUT2D eigenvalue weighted by molar-refractivity contribution is -0.172. The molecule has 0 aromatic heterocycles. The van der Waals surface area contributed by atoms with Crippen molar-refractivity contribution >= 4 is 17.7 Å². The quantitative estimate of drug-likeness (QED) is 0.484. The Morgan fingerprint density at radius 3 is 2.67 bits per heavy atom. The van der Waals surface area contributed by atoms with Crippen LogP contribution < -0.4 is 0 Å². The smallest absolute Gasteiger partial charge is 0.309 e. The average Bonchev–Trinajstić information content (AvgIpc) is 3.20. The molecular weight excluding hydrogens is 384 g/mol. The highest BCUT2D eigenvalue weighted by Crippen LogP contribution is 2.78. The lowest BCUT2D eigenvalue weighted by Crippen LogP contribution is -2.63. The van der Waals surface area contributed by atoms with Gasteiger partial charge in [0.05, 0.1) is 19.1 Å². The van der Waals surface area contributed by atoms with Gasteiger partial charge in [-0.15, -0.1) is 0 Å². The minimum absolute atomic E-state index is 0.0303. The van der Waals surface area contributed by atoms with Crippen molar-refractivity contribution in [2.45, 2.75) is 82.5 Å². The summed E-state index contributed by atoms with van der Waals surface area (Å²) in [5, 5.41) is 0. The van der Waals surface area contributed by atoms with Crippen LogP contribution in [0.3, 0.4) is 0 Å². The zero-order chi connectivity index (χ0) is 21.1. The van der Waals surface area contributed by atoms with E-state index in [1.54, 1.807) is 6.08 Å². The van der Waals surface area contributed by atoms with E-state index in [0.717, 1.165) is 37.7 Å². The van der Waals surface area contributed by atoms with E-state index in [1.165, 1.54) is 7.11 Å². The van der Waals surface area contributed by atoms with E-state index in [1.807, 2.05) is 0 Å². The van der Waals surface area contributed by atoms with E-state index >= 15 is 0 Å². The molecule has 4 unspecified atom stereocenters. The number of carbonyl (C=O) groups is 3. The number of methoxy groups -OCH3 is 1. The Morgan fingerprint density at radius 1 is 1.17 bits per heavy atom. The van der Waals surface area contributed by atoms with Crippen molar-refractivity contribution in [1.82, 2.24) is 0 Å². The summed E-state index contributed by atoms with van der Waals surface area (Å²) in [6.07, 6.45) is 7.61. The van der Waals surface area contributed by atoms with Crippen LogP contribution in [0.15, 0.2) is 11.6 Å². The Balaban J connectivity index is 1.49. The Kier molecular flexibility index (Phi) is 3.53. The van der Waals surface area contributed by atoms with Gasteiger partial charge in [-0.3, -0.25) is 14.4 Å². The van der Waals surface area contributed by atoms with Gasteiger partial charge < -0.3 is 14.2 Å². The van der Waals surface area contributed by atoms with Crippen LogP contribution in [0, 0.1) is 28.6 Å². The number of hydrogen-bond donors (Lipinski definition) is 0. The standard InChI is InChI=1S/C24H30O6/c1-21-7-4-14(25)10-13(21)11-15(20(27)28-3)19-16-5-8-23(9-6-18(26)30-23)22(16,2)12-17-24(19,21)29-17/h10,15-17,19H,4-9,11-12H2,1-3H3/t15-,16?,17+,19?,21?,22?,23-,24-/m1/s1. The molecule has 0 aromatic rings. The van der Waals surface area contributed by atoms with Crippen molar-refractivity contribution in [3.8, 4) is 0 Å². The van der Waals surface area contributed by atoms with Crippen molar-refractivity contribution in [1.29, 1.82) is 0 Å². The maximum Gasteiger partial charge on any atom is 0.309 e. The van der Waals surface area contributed by atoms with E-state index in [9.17, 15) is 14.4 Å². The van der Waals surface area contributed by atoms with Gasteiger partial charge in [0.1, 0.15) is 11.2 Å². The largest absolute Gasteiger partial charge is 0.469 e. The molecule has 0 amide bonds. The Morgan fingerprint density at radius 2 is 1.97 bits per heavy atom. The fraction of sp³-hybridized carbons (Fsp3) is 0.792. The van der Waals surface area contributed by atoms with Crippen LogP contribution in [0.1, 0.15) is 65.2 Å². The summed E-state index contributed by atoms with van der Waals surface area (Å²) in [5.41, 5.74) is -0.175. The minimum atomic E-state index is -0.424. The van der Waals surface area contributed by atoms with Gasteiger partial charge in [0.25, 0.3) is 0 Å². The third-order valence-electron chi connectivity index (χ3n) is 10.2. The first-order valence-electron chi connectivity index (χ1n) is 11.4. The Hall–Kier alpha value is -1.69. The van der Waals surface area contributed by atoms with Crippen LogP contribution in [0.25, 0.3) is 0 Å². The number of carbonyl (C=O) groups excluding carboxylic acids is 3. The molecule has 2 saturated heterocycles. The summed E-state index contributed by atoms with van der Waals surface area (Å²) in [6.45, 7) is 4.51. The highest BCUT2D eigenvalue weighted by Gasteiger charge is 2.83. The van der Waals surface area contributed by atoms with Crippen molar-refractivity contribution in [2.24, 2.45) is 28.6 Å². The molecule has 4 aliphatic carbocycles. The number of rotatable bonds is 1. The van der Waals surface area contributed by atoms with Gasteiger partial charge in [0.2, 0.25) is 0 Å². The summed E-state index contributed by atoms with van der Waals surface area (Å²) in [4.78, 5) is 37.4. The second-order valence-electron chi connectivity index (χ2n) is 11.0. The second-order valence-corrected chi connectivity index (χ2v) is 11.0. The van der Waals surface area contributed by atoms with Gasteiger partial charge in [-0.1, -0.05) is 19.4 Å². The van der Waals surface area contributed by atoms with Crippen LogP contribution in [0.4, 0.5) is 0 Å². The van der Waals surface area contributed by atoms with Gasteiger partial charge in [0, 0.05) is 29.6 Å². The van der Waals surface area contributed by atoms with E-state index in [0.29, 0.717) is 19.3 Å². The molecule has 162 valence electrons. The van der Waals surface area contributed by atoms with E-state index in [2.05, 4.69) is 13.8 Å². The van der Waals surface area contributed by atoms with E-state index < -0.39 is 11.2 Å².